The average molecular weight is 356 g/mol. The number of anilines is 3. The Bertz CT molecular complexity index is 604. The molecule has 20 heavy (non-hydrogen) atoms. The minimum atomic E-state index is 0.653. The van der Waals surface area contributed by atoms with Gasteiger partial charge in [-0.2, -0.15) is 0 Å². The van der Waals surface area contributed by atoms with Crippen LogP contribution in [-0.2, 0) is 6.42 Å². The van der Waals surface area contributed by atoms with E-state index >= 15 is 0 Å². The predicted molar refractivity (Wildman–Crippen MR) is 88.0 cm³/mol. The summed E-state index contributed by atoms with van der Waals surface area (Å²) in [6.07, 6.45) is 3.45. The van der Waals surface area contributed by atoms with E-state index in [2.05, 4.69) is 43.5 Å². The van der Waals surface area contributed by atoms with E-state index in [1.165, 1.54) is 0 Å². The number of nitrogens with zero attached hydrogens (tertiary/aromatic N) is 2. The van der Waals surface area contributed by atoms with Gasteiger partial charge in [-0.1, -0.05) is 40.9 Å². The van der Waals surface area contributed by atoms with E-state index in [1.807, 2.05) is 25.2 Å². The highest BCUT2D eigenvalue weighted by molar-refractivity contribution is 9.10. The lowest BCUT2D eigenvalue weighted by Crippen LogP contribution is -2.05. The molecular formula is C14H16BrClN4. The summed E-state index contributed by atoms with van der Waals surface area (Å²) in [5.74, 6) is 1.63. The largest absolute Gasteiger partial charge is 0.373 e. The van der Waals surface area contributed by atoms with Crippen molar-refractivity contribution in [2.24, 2.45) is 0 Å². The third kappa shape index (κ3) is 3.41. The van der Waals surface area contributed by atoms with E-state index < -0.39 is 0 Å². The lowest BCUT2D eigenvalue weighted by Gasteiger charge is -2.14. The zero-order chi connectivity index (χ0) is 14.5. The second-order valence-electron chi connectivity index (χ2n) is 4.30. The molecule has 0 atom stereocenters. The molecule has 0 amide bonds. The SMILES string of the molecule is CCCc1c(NC)ncnc1Nc1cc(Br)ccc1Cl. The third-order valence-corrected chi connectivity index (χ3v) is 3.69. The van der Waals surface area contributed by atoms with Gasteiger partial charge in [0.15, 0.2) is 0 Å². The molecular weight excluding hydrogens is 340 g/mol. The summed E-state index contributed by atoms with van der Waals surface area (Å²) in [4.78, 5) is 8.59. The van der Waals surface area contributed by atoms with Gasteiger partial charge in [-0.3, -0.25) is 0 Å². The number of rotatable bonds is 5. The lowest BCUT2D eigenvalue weighted by molar-refractivity contribution is 0.905. The van der Waals surface area contributed by atoms with Crippen LogP contribution in [0.25, 0.3) is 0 Å². The molecule has 6 heteroatoms. The predicted octanol–water partition coefficient (Wildman–Crippen LogP) is 4.63. The minimum absolute atomic E-state index is 0.653. The van der Waals surface area contributed by atoms with Crippen molar-refractivity contribution in [2.75, 3.05) is 17.7 Å². The van der Waals surface area contributed by atoms with Crippen LogP contribution in [0.5, 0.6) is 0 Å². The van der Waals surface area contributed by atoms with Crippen LogP contribution < -0.4 is 10.6 Å². The van der Waals surface area contributed by atoms with Crippen molar-refractivity contribution in [3.05, 3.63) is 39.6 Å². The Morgan fingerprint density at radius 2 is 2.00 bits per heavy atom. The van der Waals surface area contributed by atoms with Crippen LogP contribution in [0.2, 0.25) is 5.02 Å². The van der Waals surface area contributed by atoms with Gasteiger partial charge in [0, 0.05) is 17.1 Å². The Labute approximate surface area is 132 Å². The van der Waals surface area contributed by atoms with Crippen LogP contribution in [0.1, 0.15) is 18.9 Å². The van der Waals surface area contributed by atoms with Crippen LogP contribution >= 0.6 is 27.5 Å². The van der Waals surface area contributed by atoms with Crippen LogP contribution in [0.3, 0.4) is 0 Å². The molecule has 0 aliphatic heterocycles. The van der Waals surface area contributed by atoms with Gasteiger partial charge in [0.2, 0.25) is 0 Å². The molecule has 0 aliphatic carbocycles. The molecule has 0 fully saturated rings. The van der Waals surface area contributed by atoms with Crippen molar-refractivity contribution in [1.29, 1.82) is 0 Å². The van der Waals surface area contributed by atoms with Gasteiger partial charge in [-0.25, -0.2) is 9.97 Å². The number of hydrogen-bond acceptors (Lipinski definition) is 4. The number of hydrogen-bond donors (Lipinski definition) is 2. The fraction of sp³-hybridized carbons (Fsp3) is 0.286. The van der Waals surface area contributed by atoms with Gasteiger partial charge in [-0.05, 0) is 24.6 Å². The Hall–Kier alpha value is -1.33. The molecule has 106 valence electrons. The highest BCUT2D eigenvalue weighted by atomic mass is 79.9. The quantitative estimate of drug-likeness (QED) is 0.821. The monoisotopic (exact) mass is 354 g/mol. The Morgan fingerprint density at radius 3 is 2.70 bits per heavy atom. The molecule has 0 bridgehead atoms. The first-order chi connectivity index (χ1) is 9.65. The molecule has 4 nitrogen and oxygen atoms in total. The van der Waals surface area contributed by atoms with E-state index in [-0.39, 0.29) is 0 Å². The number of benzene rings is 1. The first-order valence-corrected chi connectivity index (χ1v) is 7.56. The van der Waals surface area contributed by atoms with Crippen LogP contribution in [-0.4, -0.2) is 17.0 Å². The zero-order valence-corrected chi connectivity index (χ0v) is 13.7. The molecule has 0 radical (unpaired) electrons. The van der Waals surface area contributed by atoms with E-state index in [4.69, 9.17) is 11.6 Å². The maximum atomic E-state index is 6.21. The molecule has 1 aromatic heterocycles. The Balaban J connectivity index is 2.39. The van der Waals surface area contributed by atoms with E-state index in [1.54, 1.807) is 6.33 Å². The Kier molecular flexibility index (Phi) is 5.20. The van der Waals surface area contributed by atoms with Crippen molar-refractivity contribution >= 4 is 44.9 Å². The maximum absolute atomic E-state index is 6.21. The van der Waals surface area contributed by atoms with Crippen molar-refractivity contribution < 1.29 is 0 Å². The van der Waals surface area contributed by atoms with E-state index in [0.29, 0.717) is 5.02 Å². The van der Waals surface area contributed by atoms with Gasteiger partial charge < -0.3 is 10.6 Å². The van der Waals surface area contributed by atoms with Crippen molar-refractivity contribution in [3.63, 3.8) is 0 Å². The van der Waals surface area contributed by atoms with Crippen molar-refractivity contribution in [2.45, 2.75) is 19.8 Å². The second-order valence-corrected chi connectivity index (χ2v) is 5.62. The summed E-state index contributed by atoms with van der Waals surface area (Å²) in [5, 5.41) is 7.04. The first-order valence-electron chi connectivity index (χ1n) is 6.39. The van der Waals surface area contributed by atoms with Crippen LogP contribution in [0.15, 0.2) is 29.0 Å². The standard InChI is InChI=1S/C14H16BrClN4/c1-3-4-10-13(17-2)18-8-19-14(10)20-12-7-9(15)5-6-11(12)16/h5-8H,3-4H2,1-2H3,(H2,17,18,19,20). The van der Waals surface area contributed by atoms with Crippen LogP contribution in [0.4, 0.5) is 17.3 Å². The average Bonchev–Trinajstić information content (AvgIpc) is 2.45. The number of halogens is 2. The van der Waals surface area contributed by atoms with Gasteiger partial charge in [0.25, 0.3) is 0 Å². The van der Waals surface area contributed by atoms with Crippen LogP contribution in [0, 0.1) is 0 Å². The normalized spacial score (nSPS) is 10.4. The van der Waals surface area contributed by atoms with E-state index in [0.717, 1.165) is 40.2 Å². The number of nitrogens with one attached hydrogen (secondary N) is 2. The van der Waals surface area contributed by atoms with Gasteiger partial charge >= 0.3 is 0 Å². The highest BCUT2D eigenvalue weighted by Gasteiger charge is 2.11. The smallest absolute Gasteiger partial charge is 0.139 e. The molecule has 1 aromatic carbocycles. The summed E-state index contributed by atoms with van der Waals surface area (Å²) in [7, 11) is 1.86. The van der Waals surface area contributed by atoms with Gasteiger partial charge in [-0.15, -0.1) is 0 Å². The molecule has 0 unspecified atom stereocenters. The summed E-state index contributed by atoms with van der Waals surface area (Å²) in [6.45, 7) is 2.13. The molecule has 2 rings (SSSR count). The summed E-state index contributed by atoms with van der Waals surface area (Å²) < 4.78 is 0.962. The lowest BCUT2D eigenvalue weighted by atomic mass is 10.1. The molecule has 2 aromatic rings. The second kappa shape index (κ2) is 6.90. The number of aromatic nitrogens is 2. The van der Waals surface area contributed by atoms with Gasteiger partial charge in [0.05, 0.1) is 10.7 Å². The fourth-order valence-electron chi connectivity index (χ4n) is 1.94. The Morgan fingerprint density at radius 1 is 1.25 bits per heavy atom. The fourth-order valence-corrected chi connectivity index (χ4v) is 2.47. The molecule has 1 heterocycles. The van der Waals surface area contributed by atoms with Crippen molar-refractivity contribution in [3.8, 4) is 0 Å². The third-order valence-electron chi connectivity index (χ3n) is 2.86. The molecule has 2 N–H and O–H groups in total. The van der Waals surface area contributed by atoms with Crippen molar-refractivity contribution in [1.82, 2.24) is 9.97 Å². The van der Waals surface area contributed by atoms with Gasteiger partial charge in [0.1, 0.15) is 18.0 Å². The zero-order valence-electron chi connectivity index (χ0n) is 11.4. The minimum Gasteiger partial charge on any atom is -0.373 e. The molecule has 0 saturated heterocycles. The summed E-state index contributed by atoms with van der Waals surface area (Å²) >= 11 is 9.65. The molecule has 0 saturated carbocycles. The highest BCUT2D eigenvalue weighted by Crippen LogP contribution is 2.30. The summed E-state index contributed by atoms with van der Waals surface area (Å²) in [6, 6.07) is 5.67. The summed E-state index contributed by atoms with van der Waals surface area (Å²) in [5.41, 5.74) is 1.88. The first kappa shape index (κ1) is 15.1. The van der Waals surface area contributed by atoms with E-state index in [9.17, 15) is 0 Å². The molecule has 0 spiro atoms. The topological polar surface area (TPSA) is 49.8 Å². The molecule has 0 aliphatic rings. The maximum Gasteiger partial charge on any atom is 0.139 e.